The fraction of sp³-hybridized carbons (Fsp3) is 0.533. The second-order valence-electron chi connectivity index (χ2n) is 5.69. The van der Waals surface area contributed by atoms with E-state index in [1.54, 1.807) is 12.1 Å². The summed E-state index contributed by atoms with van der Waals surface area (Å²) in [5, 5.41) is 12.8. The van der Waals surface area contributed by atoms with E-state index >= 15 is 0 Å². The molecule has 0 bridgehead atoms. The summed E-state index contributed by atoms with van der Waals surface area (Å²) in [5.74, 6) is -1.18. The predicted molar refractivity (Wildman–Crippen MR) is 71.1 cm³/mol. The Balaban J connectivity index is 1.75. The molecular weight excluding hydrogens is 261 g/mol. The first-order valence-electron chi connectivity index (χ1n) is 7.00. The lowest BCUT2D eigenvalue weighted by Gasteiger charge is -2.31. The van der Waals surface area contributed by atoms with E-state index in [0.29, 0.717) is 0 Å². The zero-order valence-corrected chi connectivity index (χ0v) is 11.1. The number of benzene rings is 1. The number of hydrogen-bond donors (Lipinski definition) is 2. The minimum Gasteiger partial charge on any atom is -0.488 e. The molecule has 5 heteroatoms. The van der Waals surface area contributed by atoms with E-state index in [-0.39, 0.29) is 24.3 Å². The average Bonchev–Trinajstić information content (AvgIpc) is 3.27. The Bertz CT molecular complexity index is 514. The predicted octanol–water partition coefficient (Wildman–Crippen LogP) is 2.19. The summed E-state index contributed by atoms with van der Waals surface area (Å²) in [6.45, 7) is -0.0373. The van der Waals surface area contributed by atoms with Crippen LogP contribution in [-0.4, -0.2) is 29.3 Å². The van der Waals surface area contributed by atoms with Gasteiger partial charge in [0, 0.05) is 6.04 Å². The minimum absolute atomic E-state index is 0.0373. The topological polar surface area (TPSA) is 58.6 Å². The van der Waals surface area contributed by atoms with Crippen LogP contribution in [0.5, 0.6) is 5.75 Å². The first kappa shape index (κ1) is 13.4. The summed E-state index contributed by atoms with van der Waals surface area (Å²) in [6.07, 6.45) is 3.77. The Morgan fingerprint density at radius 2 is 2.05 bits per heavy atom. The molecule has 2 N–H and O–H groups in total. The average molecular weight is 279 g/mol. The van der Waals surface area contributed by atoms with Crippen LogP contribution in [0.25, 0.3) is 0 Å². The molecule has 0 amide bonds. The number of carboxylic acids is 1. The highest BCUT2D eigenvalue weighted by atomic mass is 19.1. The van der Waals surface area contributed by atoms with Gasteiger partial charge in [0.2, 0.25) is 0 Å². The Morgan fingerprint density at radius 1 is 1.35 bits per heavy atom. The first-order valence-corrected chi connectivity index (χ1v) is 7.00. The van der Waals surface area contributed by atoms with Gasteiger partial charge in [0.15, 0.2) is 17.1 Å². The highest BCUT2D eigenvalue weighted by Gasteiger charge is 2.54. The number of para-hydroxylation sites is 1. The molecule has 1 unspecified atom stereocenters. The normalized spacial score (nSPS) is 21.2. The molecule has 1 aromatic carbocycles. The van der Waals surface area contributed by atoms with E-state index in [1.165, 1.54) is 12.1 Å². The van der Waals surface area contributed by atoms with Crippen molar-refractivity contribution in [3.8, 4) is 5.75 Å². The van der Waals surface area contributed by atoms with Gasteiger partial charge in [0.25, 0.3) is 0 Å². The summed E-state index contributed by atoms with van der Waals surface area (Å²) in [5.41, 5.74) is -1.08. The maximum atomic E-state index is 13.6. The second kappa shape index (κ2) is 5.05. The summed E-state index contributed by atoms with van der Waals surface area (Å²) in [4.78, 5) is 11.7. The highest BCUT2D eigenvalue weighted by molar-refractivity contribution is 5.80. The highest BCUT2D eigenvalue weighted by Crippen LogP contribution is 2.42. The number of ether oxygens (including phenoxy) is 1. The maximum absolute atomic E-state index is 13.6. The molecule has 0 saturated heterocycles. The summed E-state index contributed by atoms with van der Waals surface area (Å²) in [7, 11) is 0. The van der Waals surface area contributed by atoms with E-state index in [1.807, 2.05) is 0 Å². The van der Waals surface area contributed by atoms with Crippen molar-refractivity contribution in [1.29, 1.82) is 0 Å². The van der Waals surface area contributed by atoms with Crippen molar-refractivity contribution in [2.75, 3.05) is 6.61 Å². The Kier molecular flexibility index (Phi) is 3.38. The third-order valence-electron chi connectivity index (χ3n) is 3.99. The lowest BCUT2D eigenvalue weighted by Crippen LogP contribution is -2.59. The molecule has 2 aliphatic rings. The van der Waals surface area contributed by atoms with Gasteiger partial charge >= 0.3 is 5.97 Å². The van der Waals surface area contributed by atoms with Crippen LogP contribution < -0.4 is 10.1 Å². The van der Waals surface area contributed by atoms with Crippen LogP contribution in [0.15, 0.2) is 24.3 Å². The van der Waals surface area contributed by atoms with E-state index in [2.05, 4.69) is 5.32 Å². The van der Waals surface area contributed by atoms with Crippen LogP contribution in [0, 0.1) is 11.7 Å². The zero-order chi connectivity index (χ0) is 14.2. The molecule has 1 aromatic rings. The standard InChI is InChI=1S/C15H18FNO3/c16-12-3-1-2-4-13(12)20-9-15(14(18)19,10-5-6-10)17-11-7-8-11/h1-4,10-11,17H,5-9H2,(H,18,19). The molecule has 0 heterocycles. The molecule has 108 valence electrons. The van der Waals surface area contributed by atoms with Gasteiger partial charge in [-0.1, -0.05) is 12.1 Å². The fourth-order valence-corrected chi connectivity index (χ4v) is 2.50. The molecule has 0 spiro atoms. The number of nitrogens with one attached hydrogen (secondary N) is 1. The molecule has 4 nitrogen and oxygen atoms in total. The van der Waals surface area contributed by atoms with E-state index in [9.17, 15) is 14.3 Å². The monoisotopic (exact) mass is 279 g/mol. The third kappa shape index (κ3) is 2.63. The molecule has 0 aromatic heterocycles. The molecule has 0 aliphatic heterocycles. The van der Waals surface area contributed by atoms with Gasteiger partial charge in [-0.2, -0.15) is 0 Å². The van der Waals surface area contributed by atoms with Crippen molar-refractivity contribution in [3.63, 3.8) is 0 Å². The smallest absolute Gasteiger partial charge is 0.327 e. The maximum Gasteiger partial charge on any atom is 0.327 e. The van der Waals surface area contributed by atoms with Crippen molar-refractivity contribution in [2.45, 2.75) is 37.3 Å². The Morgan fingerprint density at radius 3 is 2.60 bits per heavy atom. The fourth-order valence-electron chi connectivity index (χ4n) is 2.50. The van der Waals surface area contributed by atoms with Gasteiger partial charge in [0.1, 0.15) is 6.61 Å². The SMILES string of the molecule is O=C(O)C(COc1ccccc1F)(NC1CC1)C1CC1. The van der Waals surface area contributed by atoms with Crippen molar-refractivity contribution in [3.05, 3.63) is 30.1 Å². The van der Waals surface area contributed by atoms with Crippen LogP contribution in [0.4, 0.5) is 4.39 Å². The van der Waals surface area contributed by atoms with Crippen molar-refractivity contribution >= 4 is 5.97 Å². The Labute approximate surface area is 116 Å². The van der Waals surface area contributed by atoms with E-state index in [0.717, 1.165) is 25.7 Å². The quantitative estimate of drug-likeness (QED) is 0.803. The number of hydrogen-bond acceptors (Lipinski definition) is 3. The van der Waals surface area contributed by atoms with Crippen molar-refractivity contribution in [2.24, 2.45) is 5.92 Å². The molecule has 2 saturated carbocycles. The largest absolute Gasteiger partial charge is 0.488 e. The molecule has 20 heavy (non-hydrogen) atoms. The van der Waals surface area contributed by atoms with Gasteiger partial charge in [-0.3, -0.25) is 10.1 Å². The second-order valence-corrected chi connectivity index (χ2v) is 5.69. The summed E-state index contributed by atoms with van der Waals surface area (Å²) >= 11 is 0. The van der Waals surface area contributed by atoms with Crippen LogP contribution in [0.1, 0.15) is 25.7 Å². The van der Waals surface area contributed by atoms with Crippen LogP contribution >= 0.6 is 0 Å². The molecule has 2 aliphatic carbocycles. The van der Waals surface area contributed by atoms with Gasteiger partial charge in [0.05, 0.1) is 0 Å². The number of aliphatic carboxylic acids is 1. The van der Waals surface area contributed by atoms with E-state index in [4.69, 9.17) is 4.74 Å². The molecule has 3 rings (SSSR count). The third-order valence-corrected chi connectivity index (χ3v) is 3.99. The zero-order valence-electron chi connectivity index (χ0n) is 11.1. The van der Waals surface area contributed by atoms with Crippen molar-refractivity contribution < 1.29 is 19.0 Å². The lowest BCUT2D eigenvalue weighted by molar-refractivity contribution is -0.147. The number of carbonyl (C=O) groups is 1. The van der Waals surface area contributed by atoms with Gasteiger partial charge < -0.3 is 9.84 Å². The molecule has 2 fully saturated rings. The first-order chi connectivity index (χ1) is 9.62. The summed E-state index contributed by atoms with van der Waals surface area (Å²) < 4.78 is 19.0. The van der Waals surface area contributed by atoms with Crippen LogP contribution in [0.3, 0.4) is 0 Å². The molecule has 1 atom stereocenters. The Hall–Kier alpha value is -1.62. The minimum atomic E-state index is -1.08. The van der Waals surface area contributed by atoms with Crippen LogP contribution in [0.2, 0.25) is 0 Å². The molecule has 0 radical (unpaired) electrons. The van der Waals surface area contributed by atoms with Crippen molar-refractivity contribution in [1.82, 2.24) is 5.32 Å². The number of carboxylic acid groups (broad SMARTS) is 1. The van der Waals surface area contributed by atoms with Gasteiger partial charge in [-0.15, -0.1) is 0 Å². The summed E-state index contributed by atoms with van der Waals surface area (Å²) in [6, 6.07) is 6.34. The van der Waals surface area contributed by atoms with E-state index < -0.39 is 17.3 Å². The van der Waals surface area contributed by atoms with Gasteiger partial charge in [-0.05, 0) is 43.7 Å². The van der Waals surface area contributed by atoms with Crippen LogP contribution in [-0.2, 0) is 4.79 Å². The number of halogens is 1. The van der Waals surface area contributed by atoms with Gasteiger partial charge in [-0.25, -0.2) is 4.39 Å². The number of rotatable bonds is 7. The molecular formula is C15H18FNO3. The lowest BCUT2D eigenvalue weighted by atomic mass is 9.94.